The molecule has 0 spiro atoms. The summed E-state index contributed by atoms with van der Waals surface area (Å²) in [6, 6.07) is 10.3. The van der Waals surface area contributed by atoms with Gasteiger partial charge in [0.25, 0.3) is 0 Å². The number of nitrogens with zero attached hydrogens (tertiary/aromatic N) is 3. The Morgan fingerprint density at radius 1 is 1.23 bits per heavy atom. The highest BCUT2D eigenvalue weighted by atomic mass is 35.5. The maximum Gasteiger partial charge on any atom is 0.490 e. The van der Waals surface area contributed by atoms with Gasteiger partial charge in [-0.2, -0.15) is 13.2 Å². The largest absolute Gasteiger partial charge is 0.490 e. The molecule has 3 rings (SSSR count). The molecule has 0 unspecified atom stereocenters. The standard InChI is InChI=1S/C13H10ClFN4.C2HF3O2/c14-10-7-9(4-5-11(10)15)8-16-13-18-17-12-3-1-2-6-19(12)13;3-2(4,5)1(6)7/h1-7H,8H2,(H,16,18);(H,6,7). The number of aromatic nitrogens is 3. The fourth-order valence-electron chi connectivity index (χ4n) is 1.79. The molecule has 2 N–H and O–H groups in total. The monoisotopic (exact) mass is 390 g/mol. The van der Waals surface area contributed by atoms with Gasteiger partial charge in [-0.25, -0.2) is 9.18 Å². The lowest BCUT2D eigenvalue weighted by Gasteiger charge is -2.05. The van der Waals surface area contributed by atoms with Crippen molar-refractivity contribution in [3.05, 3.63) is 59.0 Å². The smallest absolute Gasteiger partial charge is 0.475 e. The lowest BCUT2D eigenvalue weighted by atomic mass is 10.2. The van der Waals surface area contributed by atoms with E-state index >= 15 is 0 Å². The quantitative estimate of drug-likeness (QED) is 0.666. The molecule has 0 aliphatic carbocycles. The van der Waals surface area contributed by atoms with Crippen molar-refractivity contribution in [1.29, 1.82) is 0 Å². The average molecular weight is 391 g/mol. The number of halogens is 5. The summed E-state index contributed by atoms with van der Waals surface area (Å²) in [5.41, 5.74) is 1.64. The number of alkyl halides is 3. The van der Waals surface area contributed by atoms with Crippen LogP contribution in [0.3, 0.4) is 0 Å². The summed E-state index contributed by atoms with van der Waals surface area (Å²) in [4.78, 5) is 8.90. The third kappa shape index (κ3) is 5.06. The molecular weight excluding hydrogens is 380 g/mol. The average Bonchev–Trinajstić information content (AvgIpc) is 2.99. The molecule has 11 heteroatoms. The summed E-state index contributed by atoms with van der Waals surface area (Å²) in [6.45, 7) is 0.496. The minimum absolute atomic E-state index is 0.116. The van der Waals surface area contributed by atoms with E-state index in [1.54, 1.807) is 12.1 Å². The number of hydrogen-bond acceptors (Lipinski definition) is 4. The normalized spacial score (nSPS) is 11.0. The number of carboxylic acid groups (broad SMARTS) is 1. The van der Waals surface area contributed by atoms with Gasteiger partial charge in [-0.3, -0.25) is 4.40 Å². The van der Waals surface area contributed by atoms with Crippen LogP contribution < -0.4 is 5.32 Å². The van der Waals surface area contributed by atoms with Crippen molar-refractivity contribution in [2.24, 2.45) is 0 Å². The number of anilines is 1. The molecule has 3 aromatic rings. The molecule has 0 saturated heterocycles. The third-order valence-electron chi connectivity index (χ3n) is 2.99. The first kappa shape index (κ1) is 19.4. The highest BCUT2D eigenvalue weighted by Gasteiger charge is 2.38. The van der Waals surface area contributed by atoms with Gasteiger partial charge in [0.2, 0.25) is 5.95 Å². The summed E-state index contributed by atoms with van der Waals surface area (Å²) in [5, 5.41) is 18.5. The van der Waals surface area contributed by atoms with E-state index in [4.69, 9.17) is 21.5 Å². The van der Waals surface area contributed by atoms with E-state index in [1.807, 2.05) is 28.8 Å². The number of rotatable bonds is 3. The number of nitrogens with one attached hydrogen (secondary N) is 1. The third-order valence-corrected chi connectivity index (χ3v) is 3.28. The lowest BCUT2D eigenvalue weighted by Crippen LogP contribution is -2.21. The highest BCUT2D eigenvalue weighted by Crippen LogP contribution is 2.17. The van der Waals surface area contributed by atoms with E-state index in [0.29, 0.717) is 12.5 Å². The number of benzene rings is 1. The van der Waals surface area contributed by atoms with Gasteiger partial charge in [0.05, 0.1) is 5.02 Å². The fraction of sp³-hybridized carbons (Fsp3) is 0.133. The Hall–Kier alpha value is -2.88. The molecule has 0 aliphatic rings. The van der Waals surface area contributed by atoms with Gasteiger partial charge in [0.15, 0.2) is 5.65 Å². The molecule has 138 valence electrons. The first-order valence-electron chi connectivity index (χ1n) is 6.96. The van der Waals surface area contributed by atoms with Gasteiger partial charge in [-0.15, -0.1) is 10.2 Å². The minimum atomic E-state index is -5.08. The second-order valence-electron chi connectivity index (χ2n) is 4.86. The van der Waals surface area contributed by atoms with Gasteiger partial charge in [0.1, 0.15) is 5.82 Å². The maximum absolute atomic E-state index is 13.0. The Morgan fingerprint density at radius 3 is 2.54 bits per heavy atom. The zero-order valence-corrected chi connectivity index (χ0v) is 13.6. The SMILES string of the molecule is Fc1ccc(CNc2nnc3ccccn23)cc1Cl.O=C(O)C(F)(F)F. The van der Waals surface area contributed by atoms with Crippen LogP contribution in [0.1, 0.15) is 5.56 Å². The Morgan fingerprint density at radius 2 is 1.92 bits per heavy atom. The van der Waals surface area contributed by atoms with Crippen molar-refractivity contribution >= 4 is 29.2 Å². The number of carbonyl (C=O) groups is 1. The van der Waals surface area contributed by atoms with Crippen molar-refractivity contribution in [2.75, 3.05) is 5.32 Å². The molecule has 2 aromatic heterocycles. The summed E-state index contributed by atoms with van der Waals surface area (Å²) >= 11 is 5.73. The molecule has 2 heterocycles. The molecule has 6 nitrogen and oxygen atoms in total. The summed E-state index contributed by atoms with van der Waals surface area (Å²) < 4.78 is 46.6. The molecule has 0 fully saturated rings. The zero-order chi connectivity index (χ0) is 19.3. The van der Waals surface area contributed by atoms with Gasteiger partial charge in [-0.1, -0.05) is 23.7 Å². The van der Waals surface area contributed by atoms with Crippen molar-refractivity contribution in [2.45, 2.75) is 12.7 Å². The van der Waals surface area contributed by atoms with Crippen LogP contribution in [-0.2, 0) is 11.3 Å². The van der Waals surface area contributed by atoms with Crippen LogP contribution >= 0.6 is 11.6 Å². The van der Waals surface area contributed by atoms with E-state index in [9.17, 15) is 17.6 Å². The Balaban J connectivity index is 0.000000298. The summed E-state index contributed by atoms with van der Waals surface area (Å²) in [7, 11) is 0. The van der Waals surface area contributed by atoms with E-state index in [0.717, 1.165) is 11.2 Å². The molecule has 0 atom stereocenters. The molecule has 0 radical (unpaired) electrons. The van der Waals surface area contributed by atoms with Crippen molar-refractivity contribution < 1.29 is 27.5 Å². The number of pyridine rings is 1. The van der Waals surface area contributed by atoms with E-state index < -0.39 is 18.0 Å². The van der Waals surface area contributed by atoms with Gasteiger partial charge in [0, 0.05) is 12.7 Å². The molecule has 0 aliphatic heterocycles. The van der Waals surface area contributed by atoms with Crippen LogP contribution in [0.25, 0.3) is 5.65 Å². The lowest BCUT2D eigenvalue weighted by molar-refractivity contribution is -0.192. The second kappa shape index (κ2) is 8.00. The van der Waals surface area contributed by atoms with E-state index in [1.165, 1.54) is 6.07 Å². The Bertz CT molecular complexity index is 914. The Labute approximate surface area is 149 Å². The van der Waals surface area contributed by atoms with Crippen molar-refractivity contribution in [3.8, 4) is 0 Å². The van der Waals surface area contributed by atoms with Crippen molar-refractivity contribution in [1.82, 2.24) is 14.6 Å². The van der Waals surface area contributed by atoms with Gasteiger partial charge < -0.3 is 10.4 Å². The summed E-state index contributed by atoms with van der Waals surface area (Å²) in [5.74, 6) is -2.54. The predicted octanol–water partition coefficient (Wildman–Crippen LogP) is 3.77. The molecule has 26 heavy (non-hydrogen) atoms. The van der Waals surface area contributed by atoms with E-state index in [2.05, 4.69) is 15.5 Å². The molecule has 0 amide bonds. The first-order valence-corrected chi connectivity index (χ1v) is 7.34. The van der Waals surface area contributed by atoms with Crippen LogP contribution in [0.4, 0.5) is 23.5 Å². The number of fused-ring (bicyclic) bond motifs is 1. The number of carboxylic acids is 1. The maximum atomic E-state index is 13.0. The van der Waals surface area contributed by atoms with Crippen molar-refractivity contribution in [3.63, 3.8) is 0 Å². The molecule has 1 aromatic carbocycles. The van der Waals surface area contributed by atoms with Gasteiger partial charge >= 0.3 is 12.1 Å². The van der Waals surface area contributed by atoms with Gasteiger partial charge in [-0.05, 0) is 29.8 Å². The second-order valence-corrected chi connectivity index (χ2v) is 5.26. The Kier molecular flexibility index (Phi) is 5.98. The minimum Gasteiger partial charge on any atom is -0.475 e. The number of hydrogen-bond donors (Lipinski definition) is 2. The fourth-order valence-corrected chi connectivity index (χ4v) is 2.00. The number of aliphatic carboxylic acids is 1. The van der Waals surface area contributed by atoms with Crippen LogP contribution in [-0.4, -0.2) is 31.9 Å². The van der Waals surface area contributed by atoms with Crippen LogP contribution in [0.15, 0.2) is 42.6 Å². The molecule has 0 bridgehead atoms. The topological polar surface area (TPSA) is 79.5 Å². The van der Waals surface area contributed by atoms with Crippen LogP contribution in [0, 0.1) is 5.82 Å². The first-order chi connectivity index (χ1) is 12.2. The zero-order valence-electron chi connectivity index (χ0n) is 12.8. The van der Waals surface area contributed by atoms with Crippen LogP contribution in [0.2, 0.25) is 5.02 Å². The van der Waals surface area contributed by atoms with E-state index in [-0.39, 0.29) is 5.02 Å². The molecular formula is C15H11ClF4N4O2. The molecule has 0 saturated carbocycles. The highest BCUT2D eigenvalue weighted by molar-refractivity contribution is 6.30. The predicted molar refractivity (Wildman–Crippen MR) is 85.4 cm³/mol. The summed E-state index contributed by atoms with van der Waals surface area (Å²) in [6.07, 6.45) is -3.21. The van der Waals surface area contributed by atoms with Crippen LogP contribution in [0.5, 0.6) is 0 Å².